The van der Waals surface area contributed by atoms with E-state index in [-0.39, 0.29) is 29.6 Å². The molecule has 0 unspecified atom stereocenters. The van der Waals surface area contributed by atoms with Crippen LogP contribution in [0.15, 0.2) is 47.1 Å². The molecule has 0 fully saturated rings. The van der Waals surface area contributed by atoms with Gasteiger partial charge in [0.25, 0.3) is 11.8 Å². The van der Waals surface area contributed by atoms with E-state index in [1.807, 2.05) is 13.8 Å². The topological polar surface area (TPSA) is 91.6 Å². The predicted molar refractivity (Wildman–Crippen MR) is 90.9 cm³/mol. The summed E-state index contributed by atoms with van der Waals surface area (Å²) in [6.45, 7) is 4.53. The average Bonchev–Trinajstić information content (AvgIpc) is 3.08. The highest BCUT2D eigenvalue weighted by atomic mass is 16.3. The lowest BCUT2D eigenvalue weighted by Crippen LogP contribution is -2.34. The number of rotatable bonds is 7. The maximum Gasteiger partial charge on any atom is 0.291 e. The average molecular weight is 330 g/mol. The summed E-state index contributed by atoms with van der Waals surface area (Å²) >= 11 is 0. The van der Waals surface area contributed by atoms with Crippen LogP contribution in [0.3, 0.4) is 0 Å². The minimum absolute atomic E-state index is 0.0902. The third kappa shape index (κ3) is 4.96. The van der Waals surface area contributed by atoms with Gasteiger partial charge in [0.2, 0.25) is 0 Å². The van der Waals surface area contributed by atoms with Crippen molar-refractivity contribution in [2.75, 3.05) is 18.5 Å². The summed E-state index contributed by atoms with van der Waals surface area (Å²) in [7, 11) is 0. The van der Waals surface area contributed by atoms with Crippen LogP contribution in [0.25, 0.3) is 0 Å². The third-order valence-electron chi connectivity index (χ3n) is 3.67. The van der Waals surface area contributed by atoms with Crippen LogP contribution in [0.1, 0.15) is 41.2 Å². The maximum absolute atomic E-state index is 12.1. The number of nitrogens with one attached hydrogen (secondary N) is 2. The van der Waals surface area contributed by atoms with E-state index in [2.05, 4.69) is 10.6 Å². The number of furan rings is 1. The van der Waals surface area contributed by atoms with Crippen molar-refractivity contribution in [1.29, 1.82) is 0 Å². The summed E-state index contributed by atoms with van der Waals surface area (Å²) in [5.74, 6) is -0.309. The molecule has 0 aliphatic carbocycles. The molecule has 0 aliphatic rings. The van der Waals surface area contributed by atoms with Crippen molar-refractivity contribution in [2.24, 2.45) is 5.41 Å². The first-order valence-corrected chi connectivity index (χ1v) is 7.75. The van der Waals surface area contributed by atoms with E-state index < -0.39 is 0 Å². The normalized spacial score (nSPS) is 11.1. The zero-order valence-electron chi connectivity index (χ0n) is 13.8. The Hall–Kier alpha value is -2.60. The molecule has 2 rings (SSSR count). The van der Waals surface area contributed by atoms with E-state index >= 15 is 0 Å². The Morgan fingerprint density at radius 2 is 1.83 bits per heavy atom. The van der Waals surface area contributed by atoms with Crippen LogP contribution in [-0.2, 0) is 0 Å². The van der Waals surface area contributed by atoms with E-state index in [1.165, 1.54) is 6.26 Å². The van der Waals surface area contributed by atoms with Crippen LogP contribution < -0.4 is 10.6 Å². The van der Waals surface area contributed by atoms with Gasteiger partial charge in [0.15, 0.2) is 5.76 Å². The molecule has 6 nitrogen and oxygen atoms in total. The molecule has 0 saturated carbocycles. The van der Waals surface area contributed by atoms with Gasteiger partial charge in [-0.1, -0.05) is 13.8 Å². The van der Waals surface area contributed by atoms with Gasteiger partial charge in [0, 0.05) is 24.4 Å². The highest BCUT2D eigenvalue weighted by molar-refractivity contribution is 6.02. The van der Waals surface area contributed by atoms with Crippen LogP contribution in [-0.4, -0.2) is 30.1 Å². The highest BCUT2D eigenvalue weighted by Crippen LogP contribution is 2.18. The summed E-state index contributed by atoms with van der Waals surface area (Å²) < 4.78 is 5.02. The summed E-state index contributed by atoms with van der Waals surface area (Å²) in [4.78, 5) is 24.0. The Kier molecular flexibility index (Phi) is 5.76. The first-order valence-electron chi connectivity index (χ1n) is 7.75. The van der Waals surface area contributed by atoms with Gasteiger partial charge >= 0.3 is 0 Å². The zero-order valence-corrected chi connectivity index (χ0v) is 13.8. The number of benzene rings is 1. The molecule has 1 aromatic heterocycles. The smallest absolute Gasteiger partial charge is 0.291 e. The van der Waals surface area contributed by atoms with E-state index in [4.69, 9.17) is 9.52 Å². The summed E-state index contributed by atoms with van der Waals surface area (Å²) in [5.41, 5.74) is 0.917. The van der Waals surface area contributed by atoms with Crippen molar-refractivity contribution >= 4 is 17.5 Å². The van der Waals surface area contributed by atoms with Gasteiger partial charge in [-0.2, -0.15) is 0 Å². The second kappa shape index (κ2) is 7.79. The van der Waals surface area contributed by atoms with Crippen LogP contribution in [0.2, 0.25) is 0 Å². The van der Waals surface area contributed by atoms with Crippen molar-refractivity contribution in [2.45, 2.75) is 20.3 Å². The lowest BCUT2D eigenvalue weighted by Gasteiger charge is -2.23. The van der Waals surface area contributed by atoms with Gasteiger partial charge in [0.05, 0.1) is 6.26 Å². The number of hydrogen-bond donors (Lipinski definition) is 3. The first-order chi connectivity index (χ1) is 11.4. The molecule has 2 aromatic rings. The Morgan fingerprint density at radius 3 is 2.42 bits per heavy atom. The fraction of sp³-hybridized carbons (Fsp3) is 0.333. The van der Waals surface area contributed by atoms with Crippen LogP contribution in [0, 0.1) is 5.41 Å². The molecule has 0 radical (unpaired) electrons. The van der Waals surface area contributed by atoms with E-state index in [0.29, 0.717) is 24.2 Å². The predicted octanol–water partition coefficient (Wildman–Crippen LogP) is 2.67. The lowest BCUT2D eigenvalue weighted by molar-refractivity contribution is 0.0927. The number of aliphatic hydroxyl groups excluding tert-OH is 1. The number of aliphatic hydroxyl groups is 1. The standard InChI is InChI=1S/C18H22N2O4/c1-18(2,9-10-21)12-19-16(22)13-5-7-14(8-6-13)20-17(23)15-4-3-11-24-15/h3-8,11,21H,9-10,12H2,1-2H3,(H,19,22)(H,20,23). The van der Waals surface area contributed by atoms with E-state index in [9.17, 15) is 9.59 Å². The minimum atomic E-state index is -0.344. The minimum Gasteiger partial charge on any atom is -0.459 e. The molecule has 6 heteroatoms. The molecule has 1 heterocycles. The van der Waals surface area contributed by atoms with Gasteiger partial charge < -0.3 is 20.2 Å². The zero-order chi connectivity index (χ0) is 17.6. The SMILES string of the molecule is CC(C)(CCO)CNC(=O)c1ccc(NC(=O)c2ccco2)cc1. The lowest BCUT2D eigenvalue weighted by atomic mass is 9.89. The Balaban J connectivity index is 1.91. The summed E-state index contributed by atoms with van der Waals surface area (Å²) in [6, 6.07) is 9.83. The Bertz CT molecular complexity index is 676. The van der Waals surface area contributed by atoms with Crippen LogP contribution >= 0.6 is 0 Å². The van der Waals surface area contributed by atoms with Gasteiger partial charge in [-0.25, -0.2) is 0 Å². The third-order valence-corrected chi connectivity index (χ3v) is 3.67. The van der Waals surface area contributed by atoms with Crippen LogP contribution in [0.5, 0.6) is 0 Å². The molecule has 0 saturated heterocycles. The second-order valence-corrected chi connectivity index (χ2v) is 6.33. The maximum atomic E-state index is 12.1. The monoisotopic (exact) mass is 330 g/mol. The highest BCUT2D eigenvalue weighted by Gasteiger charge is 2.18. The molecule has 0 aliphatic heterocycles. The molecular weight excluding hydrogens is 308 g/mol. The van der Waals surface area contributed by atoms with Crippen molar-refractivity contribution in [3.05, 3.63) is 54.0 Å². The largest absolute Gasteiger partial charge is 0.459 e. The summed E-state index contributed by atoms with van der Waals surface area (Å²) in [5, 5.41) is 14.5. The van der Waals surface area contributed by atoms with Crippen molar-refractivity contribution in [3.8, 4) is 0 Å². The number of carbonyl (C=O) groups is 2. The van der Waals surface area contributed by atoms with Crippen LogP contribution in [0.4, 0.5) is 5.69 Å². The number of amides is 2. The molecular formula is C18H22N2O4. The molecule has 0 spiro atoms. The Morgan fingerprint density at radius 1 is 1.12 bits per heavy atom. The molecule has 0 atom stereocenters. The second-order valence-electron chi connectivity index (χ2n) is 6.33. The van der Waals surface area contributed by atoms with E-state index in [0.717, 1.165) is 0 Å². The first kappa shape index (κ1) is 17.7. The van der Waals surface area contributed by atoms with Crippen molar-refractivity contribution in [1.82, 2.24) is 5.32 Å². The molecule has 1 aromatic carbocycles. The Labute approximate surface area is 140 Å². The molecule has 24 heavy (non-hydrogen) atoms. The molecule has 3 N–H and O–H groups in total. The molecule has 0 bridgehead atoms. The molecule has 2 amide bonds. The summed E-state index contributed by atoms with van der Waals surface area (Å²) in [6.07, 6.45) is 2.05. The molecule has 128 valence electrons. The van der Waals surface area contributed by atoms with Crippen molar-refractivity contribution in [3.63, 3.8) is 0 Å². The fourth-order valence-corrected chi connectivity index (χ4v) is 2.12. The number of carbonyl (C=O) groups excluding carboxylic acids is 2. The van der Waals surface area contributed by atoms with Gasteiger partial charge in [-0.15, -0.1) is 0 Å². The van der Waals surface area contributed by atoms with E-state index in [1.54, 1.807) is 36.4 Å². The van der Waals surface area contributed by atoms with Gasteiger partial charge in [-0.05, 0) is 48.2 Å². The fourth-order valence-electron chi connectivity index (χ4n) is 2.12. The number of anilines is 1. The van der Waals surface area contributed by atoms with Gasteiger partial charge in [-0.3, -0.25) is 9.59 Å². The van der Waals surface area contributed by atoms with Gasteiger partial charge in [0.1, 0.15) is 0 Å². The van der Waals surface area contributed by atoms with Crippen molar-refractivity contribution < 1.29 is 19.1 Å². The number of hydrogen-bond acceptors (Lipinski definition) is 4. The quantitative estimate of drug-likeness (QED) is 0.728.